The summed E-state index contributed by atoms with van der Waals surface area (Å²) in [7, 11) is 0. The van der Waals surface area contributed by atoms with Crippen molar-refractivity contribution in [3.63, 3.8) is 0 Å². The Morgan fingerprint density at radius 3 is 2.71 bits per heavy atom. The molecule has 3 rings (SSSR count). The van der Waals surface area contributed by atoms with E-state index in [1.54, 1.807) is 11.3 Å². The number of aromatic nitrogens is 4. The second kappa shape index (κ2) is 6.34. The molecular formula is C14H15ClN4S2. The number of fused-ring (bicyclic) bond motifs is 1. The van der Waals surface area contributed by atoms with Gasteiger partial charge in [-0.05, 0) is 22.9 Å². The van der Waals surface area contributed by atoms with Crippen LogP contribution < -0.4 is 0 Å². The maximum Gasteiger partial charge on any atom is 0.234 e. The lowest BCUT2D eigenvalue weighted by atomic mass is 10.2. The summed E-state index contributed by atoms with van der Waals surface area (Å²) in [5.74, 6) is 1.76. The number of hydrogen-bond donors (Lipinski definition) is 0. The van der Waals surface area contributed by atoms with Crippen LogP contribution in [0.4, 0.5) is 0 Å². The molecule has 0 bridgehead atoms. The summed E-state index contributed by atoms with van der Waals surface area (Å²) in [6, 6.07) is 7.87. The van der Waals surface area contributed by atoms with Crippen molar-refractivity contribution in [3.8, 4) is 0 Å². The van der Waals surface area contributed by atoms with E-state index in [-0.39, 0.29) is 0 Å². The summed E-state index contributed by atoms with van der Waals surface area (Å²) in [6.07, 6.45) is 0.794. The van der Waals surface area contributed by atoms with Gasteiger partial charge in [-0.25, -0.2) is 0 Å². The van der Waals surface area contributed by atoms with Crippen LogP contribution in [0, 0.1) is 0 Å². The molecule has 0 fully saturated rings. The average molecular weight is 339 g/mol. The van der Waals surface area contributed by atoms with Crippen molar-refractivity contribution in [3.05, 3.63) is 45.7 Å². The molecule has 4 nitrogen and oxygen atoms in total. The second-order valence-electron chi connectivity index (χ2n) is 4.97. The van der Waals surface area contributed by atoms with Crippen LogP contribution in [0.5, 0.6) is 0 Å². The summed E-state index contributed by atoms with van der Waals surface area (Å²) in [5, 5.41) is 15.4. The van der Waals surface area contributed by atoms with E-state index in [1.165, 1.54) is 5.56 Å². The fourth-order valence-corrected chi connectivity index (χ4v) is 3.55. The van der Waals surface area contributed by atoms with E-state index in [2.05, 4.69) is 29.1 Å². The molecule has 0 aliphatic carbocycles. The molecule has 0 spiro atoms. The minimum atomic E-state index is 0.574. The van der Waals surface area contributed by atoms with Gasteiger partial charge in [0.1, 0.15) is 5.01 Å². The molecule has 0 aliphatic heterocycles. The lowest BCUT2D eigenvalue weighted by molar-refractivity contribution is 0.855. The third-order valence-electron chi connectivity index (χ3n) is 2.91. The van der Waals surface area contributed by atoms with Crippen LogP contribution >= 0.6 is 34.7 Å². The first-order chi connectivity index (χ1) is 10.1. The second-order valence-corrected chi connectivity index (χ2v) is 8.01. The molecule has 2 aromatic heterocycles. The van der Waals surface area contributed by atoms with Gasteiger partial charge in [-0.15, -0.1) is 10.2 Å². The highest BCUT2D eigenvalue weighted by molar-refractivity contribution is 7.99. The lowest BCUT2D eigenvalue weighted by Crippen LogP contribution is -1.98. The van der Waals surface area contributed by atoms with Gasteiger partial charge in [0.25, 0.3) is 0 Å². The molecule has 1 aromatic carbocycles. The smallest absolute Gasteiger partial charge is 0.186 e. The summed E-state index contributed by atoms with van der Waals surface area (Å²) in [6.45, 7) is 4.35. The highest BCUT2D eigenvalue weighted by Crippen LogP contribution is 2.21. The highest BCUT2D eigenvalue weighted by Gasteiger charge is 2.12. The predicted octanol–water partition coefficient (Wildman–Crippen LogP) is 4.07. The van der Waals surface area contributed by atoms with E-state index in [0.717, 1.165) is 33.0 Å². The highest BCUT2D eigenvalue weighted by atomic mass is 35.5. The van der Waals surface area contributed by atoms with Crippen molar-refractivity contribution in [2.24, 2.45) is 0 Å². The quantitative estimate of drug-likeness (QED) is 0.703. The van der Waals surface area contributed by atoms with Crippen LogP contribution in [0.2, 0.25) is 5.02 Å². The van der Waals surface area contributed by atoms with Crippen molar-refractivity contribution >= 4 is 39.7 Å². The topological polar surface area (TPSA) is 43.1 Å². The SMILES string of the molecule is CC(C)SCc1nnc2sc(Cc3ccc(Cl)cc3)nn12. The van der Waals surface area contributed by atoms with Crippen LogP contribution in [-0.4, -0.2) is 25.1 Å². The number of rotatable bonds is 5. The van der Waals surface area contributed by atoms with Crippen LogP contribution in [0.25, 0.3) is 4.96 Å². The number of benzene rings is 1. The Balaban J connectivity index is 1.79. The number of halogens is 1. The standard InChI is InChI=1S/C14H15ClN4S2/c1-9(2)20-8-12-16-17-14-19(12)18-13(21-14)7-10-3-5-11(15)6-4-10/h3-6,9H,7-8H2,1-2H3. The Kier molecular flexibility index (Phi) is 4.47. The lowest BCUT2D eigenvalue weighted by Gasteiger charge is -2.01. The van der Waals surface area contributed by atoms with E-state index < -0.39 is 0 Å². The first-order valence-corrected chi connectivity index (χ1v) is 8.92. The van der Waals surface area contributed by atoms with E-state index in [0.29, 0.717) is 5.25 Å². The molecule has 0 saturated carbocycles. The predicted molar refractivity (Wildman–Crippen MR) is 89.3 cm³/mol. The van der Waals surface area contributed by atoms with Crippen LogP contribution in [0.1, 0.15) is 30.2 Å². The maximum atomic E-state index is 5.90. The fourth-order valence-electron chi connectivity index (χ4n) is 1.88. The zero-order valence-corrected chi connectivity index (χ0v) is 14.2. The summed E-state index contributed by atoms with van der Waals surface area (Å²) in [4.78, 5) is 0.860. The van der Waals surface area contributed by atoms with Gasteiger partial charge in [-0.3, -0.25) is 0 Å². The molecule has 7 heteroatoms. The van der Waals surface area contributed by atoms with Gasteiger partial charge < -0.3 is 0 Å². The van der Waals surface area contributed by atoms with Gasteiger partial charge in [-0.2, -0.15) is 21.4 Å². The molecule has 0 N–H and O–H groups in total. The number of hydrogen-bond acceptors (Lipinski definition) is 5. The van der Waals surface area contributed by atoms with Crippen molar-refractivity contribution in [1.82, 2.24) is 19.8 Å². The Bertz CT molecular complexity index is 733. The first-order valence-electron chi connectivity index (χ1n) is 6.68. The molecule has 0 amide bonds. The molecule has 110 valence electrons. The van der Waals surface area contributed by atoms with Gasteiger partial charge in [0.05, 0.1) is 5.75 Å². The summed E-state index contributed by atoms with van der Waals surface area (Å²) in [5.41, 5.74) is 1.20. The first kappa shape index (κ1) is 14.8. The third-order valence-corrected chi connectivity index (χ3v) is 5.15. The Hall–Kier alpha value is -1.11. The molecule has 0 atom stereocenters. The molecule has 0 radical (unpaired) electrons. The Morgan fingerprint density at radius 1 is 1.24 bits per heavy atom. The van der Waals surface area contributed by atoms with Gasteiger partial charge >= 0.3 is 0 Å². The monoisotopic (exact) mass is 338 g/mol. The average Bonchev–Trinajstić information content (AvgIpc) is 2.99. The molecule has 0 saturated heterocycles. The molecule has 3 aromatic rings. The Morgan fingerprint density at radius 2 is 2.00 bits per heavy atom. The van der Waals surface area contributed by atoms with Crippen molar-refractivity contribution in [2.45, 2.75) is 31.3 Å². The van der Waals surface area contributed by atoms with Crippen molar-refractivity contribution in [1.29, 1.82) is 0 Å². The largest absolute Gasteiger partial charge is 0.234 e. The molecule has 0 unspecified atom stereocenters. The third kappa shape index (κ3) is 3.56. The minimum Gasteiger partial charge on any atom is -0.186 e. The number of thioether (sulfide) groups is 1. The molecule has 21 heavy (non-hydrogen) atoms. The van der Waals surface area contributed by atoms with Crippen LogP contribution in [-0.2, 0) is 12.2 Å². The van der Waals surface area contributed by atoms with Crippen LogP contribution in [0.3, 0.4) is 0 Å². The van der Waals surface area contributed by atoms with Crippen LogP contribution in [0.15, 0.2) is 24.3 Å². The summed E-state index contributed by atoms with van der Waals surface area (Å²) >= 11 is 9.34. The van der Waals surface area contributed by atoms with Gasteiger partial charge in [-0.1, -0.05) is 48.9 Å². The van der Waals surface area contributed by atoms with Gasteiger partial charge in [0.2, 0.25) is 4.96 Å². The zero-order valence-electron chi connectivity index (χ0n) is 11.8. The molecule has 2 heterocycles. The van der Waals surface area contributed by atoms with Gasteiger partial charge in [0.15, 0.2) is 5.82 Å². The van der Waals surface area contributed by atoms with Gasteiger partial charge in [0, 0.05) is 11.4 Å². The Labute approximate surface area is 136 Å². The molecular weight excluding hydrogens is 324 g/mol. The van der Waals surface area contributed by atoms with Crippen molar-refractivity contribution in [2.75, 3.05) is 0 Å². The van der Waals surface area contributed by atoms with E-state index >= 15 is 0 Å². The maximum absolute atomic E-state index is 5.90. The van der Waals surface area contributed by atoms with Crippen molar-refractivity contribution < 1.29 is 0 Å². The van der Waals surface area contributed by atoms with E-state index in [4.69, 9.17) is 11.6 Å². The van der Waals surface area contributed by atoms with E-state index in [9.17, 15) is 0 Å². The number of nitrogens with zero attached hydrogens (tertiary/aromatic N) is 4. The van der Waals surface area contributed by atoms with E-state index in [1.807, 2.05) is 40.5 Å². The normalized spacial score (nSPS) is 11.6. The molecule has 0 aliphatic rings. The summed E-state index contributed by atoms with van der Waals surface area (Å²) < 4.78 is 1.87. The minimum absolute atomic E-state index is 0.574. The fraction of sp³-hybridized carbons (Fsp3) is 0.357. The zero-order chi connectivity index (χ0) is 14.8.